The molecule has 2 atom stereocenters. The minimum atomic E-state index is -1.10. The lowest BCUT2D eigenvalue weighted by atomic mass is 9.98. The first-order chi connectivity index (χ1) is 52.4. The van der Waals surface area contributed by atoms with Gasteiger partial charge in [0.05, 0.1) is 69.0 Å². The molecule has 0 bridgehead atoms. The van der Waals surface area contributed by atoms with Crippen molar-refractivity contribution in [1.29, 1.82) is 0 Å². The Bertz CT molecular complexity index is 4470. The molecule has 31 heteroatoms. The molecular formula is C76H94Br2N24O3P2. The van der Waals surface area contributed by atoms with Gasteiger partial charge in [-0.25, -0.2) is 9.97 Å². The Hall–Kier alpha value is -7.92. The molecule has 6 aliphatic rings. The molecule has 10 aromatic rings. The van der Waals surface area contributed by atoms with Crippen LogP contribution in [0.3, 0.4) is 0 Å². The number of aryl methyl sites for hydroxylation is 2. The van der Waals surface area contributed by atoms with Crippen LogP contribution in [0, 0.1) is 0 Å². The lowest BCUT2D eigenvalue weighted by Gasteiger charge is -2.46. The van der Waals surface area contributed by atoms with Gasteiger partial charge in [-0.15, -0.1) is 0 Å². The topological polar surface area (TPSA) is 258 Å². The van der Waals surface area contributed by atoms with E-state index in [0.717, 1.165) is 181 Å². The summed E-state index contributed by atoms with van der Waals surface area (Å²) in [4.78, 5) is 55.0. The van der Waals surface area contributed by atoms with E-state index in [1.807, 2.05) is 46.0 Å². The van der Waals surface area contributed by atoms with Gasteiger partial charge in [0.25, 0.3) is 0 Å². The Morgan fingerprint density at radius 1 is 0.467 bits per heavy atom. The van der Waals surface area contributed by atoms with Gasteiger partial charge in [-0.2, -0.15) is 20.2 Å². The van der Waals surface area contributed by atoms with E-state index in [9.17, 15) is 0 Å². The fourth-order valence-corrected chi connectivity index (χ4v) is 20.4. The van der Waals surface area contributed by atoms with Crippen molar-refractivity contribution in [1.82, 2.24) is 89.7 Å². The maximum atomic E-state index is 7.15. The molecule has 6 N–H and O–H groups in total. The summed E-state index contributed by atoms with van der Waals surface area (Å²) in [7, 11) is 1.24. The zero-order valence-electron chi connectivity index (χ0n) is 61.6. The molecule has 0 radical (unpaired) electrons. The highest BCUT2D eigenvalue weighted by Gasteiger charge is 2.36. The number of hydrogen-bond donors (Lipinski definition) is 6. The van der Waals surface area contributed by atoms with Gasteiger partial charge in [0.15, 0.2) is 0 Å². The normalized spacial score (nSPS) is 18.4. The number of ether oxygens (including phenoxy) is 2. The van der Waals surface area contributed by atoms with E-state index in [1.54, 1.807) is 51.4 Å². The standard InChI is InChI=1S/C76H94Br2N24O3P2/c1-7-101-45-49(37-87-101)55-33-65(69(103-3)35-67(55)99-29-25-97(26-30-99)51-13-21-95(22-14-51)53-39-79-40-53)91-75-85-43-59(77)73(93-75)89-61-9-11-63-71(83-19-17-81-63)57(61)47-106(5)105-107(6)48-58-62(10-12-64-72(58)84-20-18-82-64)90-74-60(78)44-86-76(94-74)92-66-34-56(50-38-88-102(8-2)46-50)68(36-70(66)104-4)100-31-27-98(28-32-100)52-15-23-96(24-16-52)54-41-80-42-54/h9-12,17-20,33-38,43-46,51-54,79-80H,7-8,13-16,21-32,39-42,47-48H2,1-6H3,(H2,85,89,91,93)(H2,86,90,92,94). The molecule has 0 spiro atoms. The fraction of sp³-hybridized carbons (Fsp3) is 0.447. The van der Waals surface area contributed by atoms with Crippen molar-refractivity contribution in [3.63, 3.8) is 0 Å². The number of anilines is 10. The van der Waals surface area contributed by atoms with Crippen LogP contribution >= 0.6 is 48.2 Å². The minimum absolute atomic E-state index is 0.386. The van der Waals surface area contributed by atoms with Crippen LogP contribution in [0.15, 0.2) is 119 Å². The lowest BCUT2D eigenvalue weighted by molar-refractivity contribution is 0.0630. The largest absolute Gasteiger partial charge is 0.494 e. The molecule has 6 aliphatic heterocycles. The summed E-state index contributed by atoms with van der Waals surface area (Å²) < 4.78 is 24.9. The molecule has 6 fully saturated rings. The summed E-state index contributed by atoms with van der Waals surface area (Å²) in [6.07, 6.45) is 24.7. The number of halogens is 2. The van der Waals surface area contributed by atoms with Crippen molar-refractivity contribution in [3.8, 4) is 33.8 Å². The first kappa shape index (κ1) is 73.2. The van der Waals surface area contributed by atoms with Gasteiger partial charge in [0, 0.05) is 288 Å². The summed E-state index contributed by atoms with van der Waals surface area (Å²) in [5, 5.41) is 30.8. The van der Waals surface area contributed by atoms with E-state index in [-0.39, 0.29) is 0 Å². The average Bonchev–Trinajstić information content (AvgIpc) is 1.78. The first-order valence-corrected chi connectivity index (χ1v) is 42.8. The molecule has 6 saturated heterocycles. The summed E-state index contributed by atoms with van der Waals surface area (Å²) in [6, 6.07) is 19.4. The predicted octanol–water partition coefficient (Wildman–Crippen LogP) is 12.3. The summed E-state index contributed by atoms with van der Waals surface area (Å²) in [6.45, 7) is 27.1. The lowest BCUT2D eigenvalue weighted by Crippen LogP contribution is -2.60. The molecule has 12 heterocycles. The van der Waals surface area contributed by atoms with Gasteiger partial charge in [0.1, 0.15) is 23.1 Å². The average molecular weight is 1610 g/mol. The third kappa shape index (κ3) is 16.2. The Labute approximate surface area is 644 Å². The summed E-state index contributed by atoms with van der Waals surface area (Å²) in [5.41, 5.74) is 14.6. The van der Waals surface area contributed by atoms with Crippen molar-refractivity contribution in [2.45, 2.75) is 89.1 Å². The van der Waals surface area contributed by atoms with Gasteiger partial charge in [-0.05, 0) is 121 Å². The SMILES string of the molecule is CCn1cc(-c2cc(Nc3ncc(Br)c(Nc4ccc5nccnc5c4CP(C)OP(C)Cc4c(Nc5nc(Nc6cc(-c7cnn(CC)c7)c(N7CCN(C8CCN(C9CNC9)CC8)CC7)cc6OC)ncc5Br)ccc5nccnc45)n3)c(OC)cc2N2CCN(C3CCN(C4CNC4)CC3)CC2)cn1. The molecule has 16 rings (SSSR count). The smallest absolute Gasteiger partial charge is 0.229 e. The quantitative estimate of drug-likeness (QED) is 0.0275. The van der Waals surface area contributed by atoms with Crippen LogP contribution in [0.4, 0.5) is 57.7 Å². The number of piperazine rings is 2. The summed E-state index contributed by atoms with van der Waals surface area (Å²) >= 11 is 7.60. The molecule has 0 saturated carbocycles. The second-order valence-corrected chi connectivity index (χ2v) is 34.0. The van der Waals surface area contributed by atoms with Crippen molar-refractivity contribution >= 4 is 128 Å². The Kier molecular flexibility index (Phi) is 22.7. The third-order valence-electron chi connectivity index (χ3n) is 22.1. The van der Waals surface area contributed by atoms with Crippen molar-refractivity contribution in [2.24, 2.45) is 0 Å². The van der Waals surface area contributed by atoms with Gasteiger partial charge >= 0.3 is 0 Å². The Balaban J connectivity index is 0.608. The third-order valence-corrected chi connectivity index (χ3v) is 27.0. The van der Waals surface area contributed by atoms with Gasteiger partial charge < -0.3 is 55.5 Å². The van der Waals surface area contributed by atoms with Gasteiger partial charge in [-0.1, -0.05) is 0 Å². The van der Waals surface area contributed by atoms with E-state index >= 15 is 0 Å². The van der Waals surface area contributed by atoms with Crippen LogP contribution in [0.5, 0.6) is 11.5 Å². The molecule has 2 unspecified atom stereocenters. The maximum absolute atomic E-state index is 7.15. The number of rotatable bonds is 26. The number of nitrogens with zero attached hydrogens (tertiary/aromatic N) is 18. The fourth-order valence-electron chi connectivity index (χ4n) is 16.0. The number of hydrogen-bond acceptors (Lipinski definition) is 25. The van der Waals surface area contributed by atoms with Crippen LogP contribution in [0.1, 0.15) is 50.7 Å². The number of methoxy groups -OCH3 is 2. The number of nitrogens with one attached hydrogen (secondary N) is 6. The molecule has 4 aromatic carbocycles. The molecule has 560 valence electrons. The Morgan fingerprint density at radius 2 is 0.869 bits per heavy atom. The van der Waals surface area contributed by atoms with E-state index in [2.05, 4.69) is 157 Å². The van der Waals surface area contributed by atoms with Crippen molar-refractivity contribution in [2.75, 3.05) is 163 Å². The van der Waals surface area contributed by atoms with Crippen LogP contribution in [-0.4, -0.2) is 235 Å². The number of fused-ring (bicyclic) bond motifs is 2. The van der Waals surface area contributed by atoms with Crippen LogP contribution in [0.25, 0.3) is 44.3 Å². The first-order valence-electron chi connectivity index (χ1n) is 37.5. The predicted molar refractivity (Wildman–Crippen MR) is 436 cm³/mol. The van der Waals surface area contributed by atoms with Crippen LogP contribution in [-0.2, 0) is 29.7 Å². The minimum Gasteiger partial charge on any atom is -0.494 e. The van der Waals surface area contributed by atoms with E-state index in [1.165, 1.54) is 51.9 Å². The zero-order valence-corrected chi connectivity index (χ0v) is 66.6. The summed E-state index contributed by atoms with van der Waals surface area (Å²) in [5.74, 6) is 3.27. The highest BCUT2D eigenvalue weighted by atomic mass is 79.9. The monoisotopic (exact) mass is 1610 g/mol. The molecule has 0 amide bonds. The van der Waals surface area contributed by atoms with Gasteiger partial charge in [0.2, 0.25) is 11.9 Å². The van der Waals surface area contributed by atoms with E-state index < -0.39 is 16.3 Å². The van der Waals surface area contributed by atoms with Gasteiger partial charge in [-0.3, -0.25) is 48.9 Å². The molecule has 107 heavy (non-hydrogen) atoms. The second-order valence-electron chi connectivity index (χ2n) is 28.5. The number of benzene rings is 4. The number of piperidine rings is 2. The van der Waals surface area contributed by atoms with Crippen molar-refractivity contribution < 1.29 is 13.8 Å². The second kappa shape index (κ2) is 33.1. The highest BCUT2D eigenvalue weighted by Crippen LogP contribution is 2.55. The van der Waals surface area contributed by atoms with Crippen LogP contribution in [0.2, 0.25) is 0 Å². The Morgan fingerprint density at radius 3 is 1.24 bits per heavy atom. The number of aromatic nitrogens is 12. The molecule has 27 nitrogen and oxygen atoms in total. The van der Waals surface area contributed by atoms with Crippen molar-refractivity contribution in [3.05, 3.63) is 131 Å². The molecule has 6 aromatic heterocycles. The van der Waals surface area contributed by atoms with E-state index in [4.69, 9.17) is 63.9 Å². The molecule has 0 aliphatic carbocycles. The van der Waals surface area contributed by atoms with E-state index in [0.29, 0.717) is 80.5 Å². The van der Waals surface area contributed by atoms with Crippen LogP contribution < -0.4 is 51.2 Å². The highest BCUT2D eigenvalue weighted by molar-refractivity contribution is 9.11. The zero-order chi connectivity index (χ0) is 73.1. The maximum Gasteiger partial charge on any atom is 0.229 e. The number of likely N-dealkylation sites (tertiary alicyclic amines) is 2. The molecular weight excluding hydrogens is 1520 g/mol.